The Morgan fingerprint density at radius 1 is 1.07 bits per heavy atom. The summed E-state index contributed by atoms with van der Waals surface area (Å²) in [7, 11) is 0. The van der Waals surface area contributed by atoms with Crippen molar-refractivity contribution in [3.63, 3.8) is 0 Å². The van der Waals surface area contributed by atoms with Crippen LogP contribution in [-0.4, -0.2) is 29.7 Å². The fourth-order valence-corrected chi connectivity index (χ4v) is 3.93. The van der Waals surface area contributed by atoms with Crippen LogP contribution in [0, 0.1) is 5.92 Å². The molecule has 0 heterocycles. The highest BCUT2D eigenvalue weighted by Gasteiger charge is 2.32. The highest BCUT2D eigenvalue weighted by atomic mass is 32.1. The van der Waals surface area contributed by atoms with E-state index in [0.717, 1.165) is 49.9 Å². The maximum atomic E-state index is 12.4. The summed E-state index contributed by atoms with van der Waals surface area (Å²) in [6, 6.07) is 5.95. The topological polar surface area (TPSA) is 105 Å². The average molecular weight is 437 g/mol. The largest absolute Gasteiger partial charge is 0.444 e. The van der Waals surface area contributed by atoms with Crippen LogP contribution in [0.25, 0.3) is 0 Å². The van der Waals surface area contributed by atoms with E-state index in [1.54, 1.807) is 6.07 Å². The molecular formula is C22H36N4O3S. The van der Waals surface area contributed by atoms with Crippen molar-refractivity contribution in [3.8, 4) is 0 Å². The highest BCUT2D eigenvalue weighted by Crippen LogP contribution is 2.30. The van der Waals surface area contributed by atoms with Crippen molar-refractivity contribution in [2.45, 2.75) is 83.4 Å². The van der Waals surface area contributed by atoms with Crippen LogP contribution < -0.4 is 21.7 Å². The van der Waals surface area contributed by atoms with Gasteiger partial charge in [-0.2, -0.15) is 13.5 Å². The van der Waals surface area contributed by atoms with E-state index in [1.165, 1.54) is 6.42 Å². The van der Waals surface area contributed by atoms with E-state index in [0.29, 0.717) is 5.69 Å². The maximum absolute atomic E-state index is 12.4. The lowest BCUT2D eigenvalue weighted by molar-refractivity contribution is -0.120. The SMILES string of the molecule is CC(C)(C)OC(=O)NC1CC(Nc2ccc(NC(=O)C3CCCCC3)cc2N)C1.S. The molecule has 1 aromatic carbocycles. The van der Waals surface area contributed by atoms with Gasteiger partial charge in [-0.15, -0.1) is 0 Å². The molecule has 0 aromatic heterocycles. The Morgan fingerprint density at radius 3 is 2.33 bits per heavy atom. The number of anilines is 3. The summed E-state index contributed by atoms with van der Waals surface area (Å²) in [5.41, 5.74) is 7.88. The van der Waals surface area contributed by atoms with Gasteiger partial charge >= 0.3 is 6.09 Å². The van der Waals surface area contributed by atoms with Crippen LogP contribution >= 0.6 is 13.5 Å². The lowest BCUT2D eigenvalue weighted by Gasteiger charge is -2.37. The zero-order valence-electron chi connectivity index (χ0n) is 18.2. The minimum absolute atomic E-state index is 0. The molecule has 1 aromatic rings. The fraction of sp³-hybridized carbons (Fsp3) is 0.636. The lowest BCUT2D eigenvalue weighted by atomic mass is 9.86. The van der Waals surface area contributed by atoms with Gasteiger partial charge in [-0.1, -0.05) is 19.3 Å². The molecule has 0 saturated heterocycles. The zero-order valence-corrected chi connectivity index (χ0v) is 19.2. The van der Waals surface area contributed by atoms with Gasteiger partial charge in [0.1, 0.15) is 5.60 Å². The molecule has 2 saturated carbocycles. The van der Waals surface area contributed by atoms with E-state index in [1.807, 2.05) is 32.9 Å². The third-order valence-electron chi connectivity index (χ3n) is 5.51. The molecule has 0 spiro atoms. The number of hydrogen-bond donors (Lipinski definition) is 4. The zero-order chi connectivity index (χ0) is 21.0. The molecule has 5 N–H and O–H groups in total. The number of nitrogen functional groups attached to an aromatic ring is 1. The Hall–Kier alpha value is -2.09. The molecular weight excluding hydrogens is 400 g/mol. The highest BCUT2D eigenvalue weighted by molar-refractivity contribution is 7.59. The Bertz CT molecular complexity index is 738. The number of amides is 2. The Labute approximate surface area is 186 Å². The summed E-state index contributed by atoms with van der Waals surface area (Å²) in [5, 5.41) is 9.30. The minimum Gasteiger partial charge on any atom is -0.444 e. The molecule has 2 aliphatic rings. The summed E-state index contributed by atoms with van der Waals surface area (Å²) in [6.07, 6.45) is 6.70. The first-order chi connectivity index (χ1) is 13.7. The Morgan fingerprint density at radius 2 is 1.73 bits per heavy atom. The first-order valence-corrected chi connectivity index (χ1v) is 10.7. The molecule has 0 radical (unpaired) electrons. The van der Waals surface area contributed by atoms with E-state index in [9.17, 15) is 9.59 Å². The quantitative estimate of drug-likeness (QED) is 0.513. The Kier molecular flexibility index (Phi) is 8.29. The first kappa shape index (κ1) is 24.2. The van der Waals surface area contributed by atoms with Gasteiger partial charge in [0.15, 0.2) is 0 Å². The van der Waals surface area contributed by atoms with Crippen LogP contribution in [0.3, 0.4) is 0 Å². The monoisotopic (exact) mass is 436 g/mol. The molecule has 0 aliphatic heterocycles. The van der Waals surface area contributed by atoms with E-state index in [4.69, 9.17) is 10.5 Å². The van der Waals surface area contributed by atoms with E-state index in [2.05, 4.69) is 16.0 Å². The van der Waals surface area contributed by atoms with Crippen LogP contribution in [0.2, 0.25) is 0 Å². The Balaban J connectivity index is 0.00000320. The van der Waals surface area contributed by atoms with Crippen molar-refractivity contribution in [2.24, 2.45) is 5.92 Å². The molecule has 2 aliphatic carbocycles. The van der Waals surface area contributed by atoms with E-state index >= 15 is 0 Å². The summed E-state index contributed by atoms with van der Waals surface area (Å²) in [4.78, 5) is 24.2. The normalized spacial score (nSPS) is 21.6. The first-order valence-electron chi connectivity index (χ1n) is 10.7. The molecule has 0 atom stereocenters. The maximum Gasteiger partial charge on any atom is 0.407 e. The standard InChI is InChI=1S/C22H34N4O3.H2S/c1-22(2,3)29-21(28)26-17-11-16(12-17)24-19-10-9-15(13-18(19)23)25-20(27)14-7-5-4-6-8-14;/h9-10,13-14,16-17,24H,4-8,11-12,23H2,1-3H3,(H,25,27)(H,26,28);1H2. The molecule has 8 heteroatoms. The molecule has 0 bridgehead atoms. The predicted octanol–water partition coefficient (Wildman–Crippen LogP) is 4.37. The van der Waals surface area contributed by atoms with E-state index < -0.39 is 5.60 Å². The molecule has 30 heavy (non-hydrogen) atoms. The summed E-state index contributed by atoms with van der Waals surface area (Å²) >= 11 is 0. The minimum atomic E-state index is -0.492. The molecule has 3 rings (SSSR count). The second kappa shape index (κ2) is 10.3. The second-order valence-electron chi connectivity index (χ2n) is 9.28. The number of rotatable bonds is 5. The smallest absolute Gasteiger partial charge is 0.407 e. The van der Waals surface area contributed by atoms with Gasteiger partial charge in [0.25, 0.3) is 0 Å². The third kappa shape index (κ3) is 7.00. The van der Waals surface area contributed by atoms with Crippen LogP contribution in [0.4, 0.5) is 21.9 Å². The van der Waals surface area contributed by atoms with Crippen LogP contribution in [-0.2, 0) is 9.53 Å². The molecule has 2 amide bonds. The van der Waals surface area contributed by atoms with Crippen molar-refractivity contribution in [2.75, 3.05) is 16.4 Å². The van der Waals surface area contributed by atoms with Crippen molar-refractivity contribution < 1.29 is 14.3 Å². The summed E-state index contributed by atoms with van der Waals surface area (Å²) in [5.74, 6) is 0.215. The summed E-state index contributed by atoms with van der Waals surface area (Å²) < 4.78 is 5.28. The molecule has 7 nitrogen and oxygen atoms in total. The van der Waals surface area contributed by atoms with Gasteiger partial charge in [-0.3, -0.25) is 4.79 Å². The number of benzene rings is 1. The second-order valence-corrected chi connectivity index (χ2v) is 9.28. The number of carbonyl (C=O) groups excluding carboxylic acids is 2. The van der Waals surface area contributed by atoms with Gasteiger partial charge in [0.2, 0.25) is 5.91 Å². The van der Waals surface area contributed by atoms with Gasteiger partial charge in [0.05, 0.1) is 11.4 Å². The van der Waals surface area contributed by atoms with Crippen LogP contribution in [0.15, 0.2) is 18.2 Å². The van der Waals surface area contributed by atoms with Crippen LogP contribution in [0.5, 0.6) is 0 Å². The van der Waals surface area contributed by atoms with E-state index in [-0.39, 0.29) is 43.5 Å². The van der Waals surface area contributed by atoms with Crippen molar-refractivity contribution >= 4 is 42.6 Å². The number of nitrogens with one attached hydrogen (secondary N) is 3. The number of hydrogen-bond acceptors (Lipinski definition) is 5. The van der Waals surface area contributed by atoms with Gasteiger partial charge in [-0.05, 0) is 64.7 Å². The van der Waals surface area contributed by atoms with Crippen molar-refractivity contribution in [1.82, 2.24) is 5.32 Å². The molecule has 0 unspecified atom stereocenters. The number of alkyl carbamates (subject to hydrolysis) is 1. The average Bonchev–Trinajstić information content (AvgIpc) is 2.61. The molecule has 2 fully saturated rings. The van der Waals surface area contributed by atoms with Gasteiger partial charge in [0, 0.05) is 23.7 Å². The van der Waals surface area contributed by atoms with Crippen LogP contribution in [0.1, 0.15) is 65.7 Å². The van der Waals surface area contributed by atoms with Crippen molar-refractivity contribution in [1.29, 1.82) is 0 Å². The van der Waals surface area contributed by atoms with Gasteiger partial charge in [-0.25, -0.2) is 4.79 Å². The number of carbonyl (C=O) groups is 2. The predicted molar refractivity (Wildman–Crippen MR) is 126 cm³/mol. The lowest BCUT2D eigenvalue weighted by Crippen LogP contribution is -2.50. The number of ether oxygens (including phenoxy) is 1. The van der Waals surface area contributed by atoms with Gasteiger partial charge < -0.3 is 26.4 Å². The fourth-order valence-electron chi connectivity index (χ4n) is 3.93. The third-order valence-corrected chi connectivity index (χ3v) is 5.51. The molecule has 168 valence electrons. The number of nitrogens with two attached hydrogens (primary N) is 1. The van der Waals surface area contributed by atoms with Crippen molar-refractivity contribution in [3.05, 3.63) is 18.2 Å². The summed E-state index contributed by atoms with van der Waals surface area (Å²) in [6.45, 7) is 5.55.